The molecule has 1 saturated heterocycles. The van der Waals surface area contributed by atoms with Crippen LogP contribution in [0.25, 0.3) is 0 Å². The molecule has 3 heteroatoms. The molecule has 0 aromatic carbocycles. The van der Waals surface area contributed by atoms with E-state index in [0.29, 0.717) is 11.3 Å². The van der Waals surface area contributed by atoms with E-state index in [1.165, 1.54) is 12.0 Å². The lowest BCUT2D eigenvalue weighted by molar-refractivity contribution is 0.418. The van der Waals surface area contributed by atoms with Crippen molar-refractivity contribution in [1.82, 2.24) is 10.3 Å². The van der Waals surface area contributed by atoms with Crippen LogP contribution < -0.4 is 10.2 Å². The van der Waals surface area contributed by atoms with E-state index in [-0.39, 0.29) is 0 Å². The molecular weight excluding hydrogens is 246 g/mol. The number of pyridine rings is 1. The minimum atomic E-state index is 0.418. The molecule has 1 N–H and O–H groups in total. The number of hydrogen-bond acceptors (Lipinski definition) is 3. The van der Waals surface area contributed by atoms with Gasteiger partial charge in [0.05, 0.1) is 0 Å². The number of aryl methyl sites for hydroxylation is 1. The number of hydrogen-bond donors (Lipinski definition) is 1. The van der Waals surface area contributed by atoms with Crippen molar-refractivity contribution in [3.8, 4) is 0 Å². The molecule has 0 bridgehead atoms. The molecule has 0 radical (unpaired) electrons. The maximum atomic E-state index is 4.72. The number of nitrogens with one attached hydrogen (secondary N) is 1. The quantitative estimate of drug-likeness (QED) is 0.893. The topological polar surface area (TPSA) is 28.2 Å². The Bertz CT molecular complexity index is 452. The fourth-order valence-electron chi connectivity index (χ4n) is 2.80. The second-order valence-corrected chi connectivity index (χ2v) is 7.34. The Kier molecular flexibility index (Phi) is 4.69. The molecule has 112 valence electrons. The number of rotatable bonds is 5. The van der Waals surface area contributed by atoms with Gasteiger partial charge in [-0.05, 0) is 48.9 Å². The summed E-state index contributed by atoms with van der Waals surface area (Å²) in [6.45, 7) is 15.5. The van der Waals surface area contributed by atoms with Gasteiger partial charge in [-0.2, -0.15) is 0 Å². The van der Waals surface area contributed by atoms with E-state index in [1.54, 1.807) is 0 Å². The molecule has 2 heterocycles. The summed E-state index contributed by atoms with van der Waals surface area (Å²) in [5.41, 5.74) is 2.88. The Morgan fingerprint density at radius 1 is 1.35 bits per heavy atom. The van der Waals surface area contributed by atoms with Gasteiger partial charge in [-0.1, -0.05) is 27.7 Å². The van der Waals surface area contributed by atoms with Gasteiger partial charge >= 0.3 is 0 Å². The lowest BCUT2D eigenvalue weighted by Crippen LogP contribution is -2.24. The molecule has 0 amide bonds. The monoisotopic (exact) mass is 275 g/mol. The summed E-state index contributed by atoms with van der Waals surface area (Å²) in [5, 5.41) is 3.52. The third-order valence-electron chi connectivity index (χ3n) is 3.88. The van der Waals surface area contributed by atoms with Gasteiger partial charge in [0, 0.05) is 25.3 Å². The number of anilines is 1. The fraction of sp³-hybridized carbons (Fsp3) is 0.706. The molecule has 0 aliphatic carbocycles. The van der Waals surface area contributed by atoms with Crippen LogP contribution in [-0.4, -0.2) is 24.6 Å². The van der Waals surface area contributed by atoms with Crippen LogP contribution >= 0.6 is 0 Å². The maximum absolute atomic E-state index is 4.72. The third kappa shape index (κ3) is 4.20. The van der Waals surface area contributed by atoms with Crippen molar-refractivity contribution in [2.24, 2.45) is 11.3 Å². The van der Waals surface area contributed by atoms with E-state index in [9.17, 15) is 0 Å². The first-order valence-corrected chi connectivity index (χ1v) is 7.79. The standard InChI is InChI=1S/C17H29N3/c1-13(2)10-18-11-15-8-14(3)19-16(9-15)20-7-6-17(4,5)12-20/h8-9,13,18H,6-7,10-12H2,1-5H3. The average molecular weight is 275 g/mol. The highest BCUT2D eigenvalue weighted by Gasteiger charge is 2.29. The van der Waals surface area contributed by atoms with Crippen LogP contribution in [0.1, 0.15) is 45.4 Å². The first kappa shape index (κ1) is 15.3. The van der Waals surface area contributed by atoms with E-state index in [2.05, 4.69) is 57.0 Å². The van der Waals surface area contributed by atoms with E-state index < -0.39 is 0 Å². The third-order valence-corrected chi connectivity index (χ3v) is 3.88. The van der Waals surface area contributed by atoms with E-state index >= 15 is 0 Å². The second-order valence-electron chi connectivity index (χ2n) is 7.34. The second kappa shape index (κ2) is 6.13. The fourth-order valence-corrected chi connectivity index (χ4v) is 2.80. The molecule has 2 rings (SSSR count). The normalized spacial score (nSPS) is 18.0. The summed E-state index contributed by atoms with van der Waals surface area (Å²) < 4.78 is 0. The van der Waals surface area contributed by atoms with Crippen LogP contribution in [0, 0.1) is 18.3 Å². The van der Waals surface area contributed by atoms with Crippen molar-refractivity contribution in [1.29, 1.82) is 0 Å². The largest absolute Gasteiger partial charge is 0.356 e. The van der Waals surface area contributed by atoms with Gasteiger partial charge in [-0.15, -0.1) is 0 Å². The Labute approximate surface area is 123 Å². The Balaban J connectivity index is 2.05. The maximum Gasteiger partial charge on any atom is 0.129 e. The Morgan fingerprint density at radius 2 is 2.10 bits per heavy atom. The van der Waals surface area contributed by atoms with Crippen LogP contribution in [0.2, 0.25) is 0 Å². The lowest BCUT2D eigenvalue weighted by Gasteiger charge is -2.21. The lowest BCUT2D eigenvalue weighted by atomic mass is 9.93. The smallest absolute Gasteiger partial charge is 0.129 e. The highest BCUT2D eigenvalue weighted by Crippen LogP contribution is 2.32. The number of aromatic nitrogens is 1. The molecule has 1 aliphatic rings. The van der Waals surface area contributed by atoms with E-state index in [0.717, 1.165) is 37.7 Å². The van der Waals surface area contributed by atoms with Gasteiger partial charge in [0.1, 0.15) is 5.82 Å². The minimum Gasteiger partial charge on any atom is -0.356 e. The van der Waals surface area contributed by atoms with Gasteiger partial charge < -0.3 is 10.2 Å². The summed E-state index contributed by atoms with van der Waals surface area (Å²) in [4.78, 5) is 7.15. The van der Waals surface area contributed by atoms with Gasteiger partial charge in [0.15, 0.2) is 0 Å². The zero-order valence-corrected chi connectivity index (χ0v) is 13.7. The zero-order chi connectivity index (χ0) is 14.8. The van der Waals surface area contributed by atoms with Crippen molar-refractivity contribution in [3.63, 3.8) is 0 Å². The molecule has 0 unspecified atom stereocenters. The van der Waals surface area contributed by atoms with Gasteiger partial charge in [0.2, 0.25) is 0 Å². The first-order valence-electron chi connectivity index (χ1n) is 7.79. The summed E-state index contributed by atoms with van der Waals surface area (Å²) in [5.74, 6) is 1.84. The van der Waals surface area contributed by atoms with E-state index in [1.807, 2.05) is 0 Å². The summed E-state index contributed by atoms with van der Waals surface area (Å²) in [6, 6.07) is 4.44. The molecule has 3 nitrogen and oxygen atoms in total. The van der Waals surface area contributed by atoms with Crippen LogP contribution in [-0.2, 0) is 6.54 Å². The van der Waals surface area contributed by atoms with Crippen molar-refractivity contribution in [3.05, 3.63) is 23.4 Å². The predicted octanol–water partition coefficient (Wildman–Crippen LogP) is 3.37. The highest BCUT2D eigenvalue weighted by molar-refractivity contribution is 5.44. The van der Waals surface area contributed by atoms with Crippen LogP contribution in [0.5, 0.6) is 0 Å². The van der Waals surface area contributed by atoms with Crippen molar-refractivity contribution >= 4 is 5.82 Å². The molecule has 1 fully saturated rings. The summed E-state index contributed by atoms with van der Waals surface area (Å²) >= 11 is 0. The molecule has 0 atom stereocenters. The average Bonchev–Trinajstić information content (AvgIpc) is 2.68. The Hall–Kier alpha value is -1.09. The first-order chi connectivity index (χ1) is 9.35. The Morgan fingerprint density at radius 3 is 2.70 bits per heavy atom. The molecule has 0 saturated carbocycles. The van der Waals surface area contributed by atoms with Gasteiger partial charge in [-0.3, -0.25) is 0 Å². The molecule has 1 aliphatic heterocycles. The minimum absolute atomic E-state index is 0.418. The van der Waals surface area contributed by atoms with Gasteiger partial charge in [-0.25, -0.2) is 4.98 Å². The molecule has 20 heavy (non-hydrogen) atoms. The van der Waals surface area contributed by atoms with Crippen molar-refractivity contribution in [2.75, 3.05) is 24.5 Å². The molecule has 1 aromatic rings. The summed E-state index contributed by atoms with van der Waals surface area (Å²) in [7, 11) is 0. The van der Waals surface area contributed by atoms with Crippen LogP contribution in [0.3, 0.4) is 0 Å². The summed E-state index contributed by atoms with van der Waals surface area (Å²) in [6.07, 6.45) is 1.25. The number of nitrogens with zero attached hydrogens (tertiary/aromatic N) is 2. The van der Waals surface area contributed by atoms with Crippen molar-refractivity contribution in [2.45, 2.75) is 47.6 Å². The van der Waals surface area contributed by atoms with Crippen LogP contribution in [0.15, 0.2) is 12.1 Å². The molecular formula is C17H29N3. The highest BCUT2D eigenvalue weighted by atomic mass is 15.2. The van der Waals surface area contributed by atoms with E-state index in [4.69, 9.17) is 4.98 Å². The van der Waals surface area contributed by atoms with Gasteiger partial charge in [0.25, 0.3) is 0 Å². The zero-order valence-electron chi connectivity index (χ0n) is 13.7. The van der Waals surface area contributed by atoms with Crippen LogP contribution in [0.4, 0.5) is 5.82 Å². The molecule has 1 aromatic heterocycles. The molecule has 0 spiro atoms. The SMILES string of the molecule is Cc1cc(CNCC(C)C)cc(N2CCC(C)(C)C2)n1. The predicted molar refractivity (Wildman–Crippen MR) is 86.1 cm³/mol. The van der Waals surface area contributed by atoms with Crippen molar-refractivity contribution < 1.29 is 0 Å².